The van der Waals surface area contributed by atoms with E-state index in [1.807, 2.05) is 0 Å². The highest BCUT2D eigenvalue weighted by Crippen LogP contribution is 2.20. The number of aliphatic hydroxyl groups is 1. The molecule has 20 heavy (non-hydrogen) atoms. The number of H-pyrrole nitrogens is 1. The highest BCUT2D eigenvalue weighted by Gasteiger charge is 2.31. The van der Waals surface area contributed by atoms with Crippen LogP contribution in [0, 0.1) is 0 Å². The Morgan fingerprint density at radius 1 is 1.50 bits per heavy atom. The average Bonchev–Trinajstić information content (AvgIpc) is 2.93. The molecule has 1 fully saturated rings. The monoisotopic (exact) mass is 279 g/mol. The number of nitrogens with zero attached hydrogens (tertiary/aromatic N) is 1. The minimum Gasteiger partial charge on any atom is -0.380 e. The maximum Gasteiger partial charge on any atom is 0.251 e. The van der Waals surface area contributed by atoms with Gasteiger partial charge in [-0.3, -0.25) is 4.79 Å². The number of imidazole rings is 1. The van der Waals surface area contributed by atoms with Crippen LogP contribution in [0.1, 0.15) is 57.7 Å². The van der Waals surface area contributed by atoms with Gasteiger partial charge in [0.15, 0.2) is 0 Å². The van der Waals surface area contributed by atoms with Crippen molar-refractivity contribution >= 4 is 5.91 Å². The highest BCUT2D eigenvalue weighted by atomic mass is 16.3. The van der Waals surface area contributed by atoms with E-state index in [1.165, 1.54) is 19.3 Å². The highest BCUT2D eigenvalue weighted by molar-refractivity contribution is 5.84. The number of rotatable bonds is 6. The second-order valence-corrected chi connectivity index (χ2v) is 5.97. The zero-order valence-electron chi connectivity index (χ0n) is 12.2. The quantitative estimate of drug-likeness (QED) is 0.744. The molecule has 1 saturated carbocycles. The summed E-state index contributed by atoms with van der Waals surface area (Å²) in [5, 5.41) is 13.3. The fourth-order valence-corrected chi connectivity index (χ4v) is 2.74. The molecule has 0 saturated heterocycles. The van der Waals surface area contributed by atoms with Crippen LogP contribution in [0.15, 0.2) is 12.4 Å². The summed E-state index contributed by atoms with van der Waals surface area (Å²) in [6.45, 7) is 1.60. The summed E-state index contributed by atoms with van der Waals surface area (Å²) in [7, 11) is 0. The van der Waals surface area contributed by atoms with E-state index in [0.29, 0.717) is 6.42 Å². The second-order valence-electron chi connectivity index (χ2n) is 5.97. The number of aryl methyl sites for hydroxylation is 1. The Balaban J connectivity index is 1.74. The molecule has 1 aliphatic carbocycles. The van der Waals surface area contributed by atoms with Gasteiger partial charge in [-0.15, -0.1) is 0 Å². The molecule has 1 heterocycles. The van der Waals surface area contributed by atoms with Gasteiger partial charge >= 0.3 is 0 Å². The molecule has 0 aromatic carbocycles. The predicted molar refractivity (Wildman–Crippen MR) is 77.2 cm³/mol. The topological polar surface area (TPSA) is 78.0 Å². The second kappa shape index (κ2) is 6.88. The molecule has 1 amide bonds. The summed E-state index contributed by atoms with van der Waals surface area (Å²) < 4.78 is 0. The fourth-order valence-electron chi connectivity index (χ4n) is 2.74. The molecule has 2 rings (SSSR count). The molecule has 1 atom stereocenters. The van der Waals surface area contributed by atoms with Crippen LogP contribution in [-0.4, -0.2) is 32.6 Å². The van der Waals surface area contributed by atoms with Gasteiger partial charge < -0.3 is 15.4 Å². The Kier molecular flexibility index (Phi) is 5.17. The summed E-state index contributed by atoms with van der Waals surface area (Å²) in [6, 6.07) is 0.243. The van der Waals surface area contributed by atoms with E-state index in [1.54, 1.807) is 19.3 Å². The summed E-state index contributed by atoms with van der Waals surface area (Å²) >= 11 is 0. The smallest absolute Gasteiger partial charge is 0.251 e. The van der Waals surface area contributed by atoms with Gasteiger partial charge in [-0.25, -0.2) is 4.98 Å². The maximum atomic E-state index is 12.1. The standard InChI is InChI=1S/C15H25N3O2/c1-15(20,9-5-8-13-16-10-11-17-13)14(19)18-12-6-3-2-4-7-12/h10-12,20H,2-9H2,1H3,(H,16,17)(H,18,19). The van der Waals surface area contributed by atoms with Crippen LogP contribution in [-0.2, 0) is 11.2 Å². The molecule has 0 aliphatic heterocycles. The molecule has 0 spiro atoms. The lowest BCUT2D eigenvalue weighted by molar-refractivity contribution is -0.139. The first-order valence-corrected chi connectivity index (χ1v) is 7.59. The van der Waals surface area contributed by atoms with E-state index in [0.717, 1.165) is 31.5 Å². The van der Waals surface area contributed by atoms with Crippen molar-refractivity contribution in [3.63, 3.8) is 0 Å². The van der Waals surface area contributed by atoms with Crippen molar-refractivity contribution in [2.24, 2.45) is 0 Å². The molecule has 0 radical (unpaired) electrons. The molecule has 1 aromatic rings. The van der Waals surface area contributed by atoms with Crippen LogP contribution >= 0.6 is 0 Å². The van der Waals surface area contributed by atoms with Gasteiger partial charge in [-0.2, -0.15) is 0 Å². The number of aromatic nitrogens is 2. The van der Waals surface area contributed by atoms with E-state index in [-0.39, 0.29) is 11.9 Å². The van der Waals surface area contributed by atoms with Crippen LogP contribution in [0.3, 0.4) is 0 Å². The first-order chi connectivity index (χ1) is 9.58. The SMILES string of the molecule is CC(O)(CCCc1ncc[nH]1)C(=O)NC1CCCCC1. The molecule has 3 N–H and O–H groups in total. The Hall–Kier alpha value is -1.36. The van der Waals surface area contributed by atoms with Gasteiger partial charge in [0.25, 0.3) is 5.91 Å². The largest absolute Gasteiger partial charge is 0.380 e. The van der Waals surface area contributed by atoms with E-state index < -0.39 is 5.60 Å². The third-order valence-corrected chi connectivity index (χ3v) is 4.06. The Morgan fingerprint density at radius 3 is 2.90 bits per heavy atom. The third kappa shape index (κ3) is 4.34. The van der Waals surface area contributed by atoms with Crippen LogP contribution < -0.4 is 5.32 Å². The molecular formula is C15H25N3O2. The number of carbonyl (C=O) groups is 1. The summed E-state index contributed by atoms with van der Waals surface area (Å²) in [5.74, 6) is 0.664. The number of amides is 1. The minimum absolute atomic E-state index is 0.233. The van der Waals surface area contributed by atoms with Gasteiger partial charge in [0, 0.05) is 24.9 Å². The lowest BCUT2D eigenvalue weighted by atomic mass is 9.93. The lowest BCUT2D eigenvalue weighted by Crippen LogP contribution is -2.49. The van der Waals surface area contributed by atoms with Crippen molar-refractivity contribution in [1.82, 2.24) is 15.3 Å². The summed E-state index contributed by atoms with van der Waals surface area (Å²) in [6.07, 6.45) is 11.1. The molecular weight excluding hydrogens is 254 g/mol. The Labute approximate surface area is 120 Å². The van der Waals surface area contributed by atoms with Gasteiger partial charge in [0.05, 0.1) is 0 Å². The maximum absolute atomic E-state index is 12.1. The zero-order chi connectivity index (χ0) is 14.4. The van der Waals surface area contributed by atoms with Gasteiger partial charge in [0.2, 0.25) is 0 Å². The van der Waals surface area contributed by atoms with Crippen molar-refractivity contribution < 1.29 is 9.90 Å². The molecule has 1 aromatic heterocycles. The van der Waals surface area contributed by atoms with Crippen molar-refractivity contribution in [3.05, 3.63) is 18.2 Å². The van der Waals surface area contributed by atoms with Gasteiger partial charge in [-0.1, -0.05) is 19.3 Å². The van der Waals surface area contributed by atoms with Gasteiger partial charge in [-0.05, 0) is 32.6 Å². The number of hydrogen-bond acceptors (Lipinski definition) is 3. The number of carbonyl (C=O) groups excluding carboxylic acids is 1. The van der Waals surface area contributed by atoms with E-state index in [2.05, 4.69) is 15.3 Å². The van der Waals surface area contributed by atoms with Crippen LogP contribution in [0.4, 0.5) is 0 Å². The first-order valence-electron chi connectivity index (χ1n) is 7.59. The average molecular weight is 279 g/mol. The van der Waals surface area contributed by atoms with Crippen LogP contribution in [0.2, 0.25) is 0 Å². The molecule has 0 bridgehead atoms. The molecule has 5 heteroatoms. The molecule has 1 unspecified atom stereocenters. The van der Waals surface area contributed by atoms with Crippen molar-refractivity contribution in [3.8, 4) is 0 Å². The predicted octanol–water partition coefficient (Wildman–Crippen LogP) is 1.93. The van der Waals surface area contributed by atoms with E-state index in [4.69, 9.17) is 0 Å². The molecule has 112 valence electrons. The molecule has 5 nitrogen and oxygen atoms in total. The van der Waals surface area contributed by atoms with Crippen molar-refractivity contribution in [2.45, 2.75) is 69.9 Å². The normalized spacial score (nSPS) is 19.5. The number of nitrogens with one attached hydrogen (secondary N) is 2. The third-order valence-electron chi connectivity index (χ3n) is 4.06. The summed E-state index contributed by atoms with van der Waals surface area (Å²) in [5.41, 5.74) is -1.29. The number of aromatic amines is 1. The summed E-state index contributed by atoms with van der Waals surface area (Å²) in [4.78, 5) is 19.3. The lowest BCUT2D eigenvalue weighted by Gasteiger charge is -2.28. The van der Waals surface area contributed by atoms with Crippen molar-refractivity contribution in [1.29, 1.82) is 0 Å². The Bertz CT molecular complexity index is 409. The first kappa shape index (κ1) is 15.0. The fraction of sp³-hybridized carbons (Fsp3) is 0.733. The van der Waals surface area contributed by atoms with E-state index in [9.17, 15) is 9.90 Å². The molecule has 1 aliphatic rings. The van der Waals surface area contributed by atoms with Crippen LogP contribution in [0.25, 0.3) is 0 Å². The van der Waals surface area contributed by atoms with E-state index >= 15 is 0 Å². The number of hydrogen-bond donors (Lipinski definition) is 3. The van der Waals surface area contributed by atoms with Crippen molar-refractivity contribution in [2.75, 3.05) is 0 Å². The minimum atomic E-state index is -1.29. The van der Waals surface area contributed by atoms with Gasteiger partial charge in [0.1, 0.15) is 11.4 Å². The van der Waals surface area contributed by atoms with Crippen LogP contribution in [0.5, 0.6) is 0 Å². The zero-order valence-corrected chi connectivity index (χ0v) is 12.2. The Morgan fingerprint density at radius 2 is 2.25 bits per heavy atom.